The molecule has 0 saturated heterocycles. The van der Waals surface area contributed by atoms with E-state index < -0.39 is 5.41 Å². The molecule has 1 rings (SSSR count). The van der Waals surface area contributed by atoms with Gasteiger partial charge in [0.2, 0.25) is 5.91 Å². The van der Waals surface area contributed by atoms with Gasteiger partial charge in [0.1, 0.15) is 5.41 Å². The van der Waals surface area contributed by atoms with Crippen LogP contribution in [0.4, 0.5) is 0 Å². The molecule has 1 atom stereocenters. The summed E-state index contributed by atoms with van der Waals surface area (Å²) >= 11 is 3.41. The average Bonchev–Trinajstić information content (AvgIpc) is 2.36. The van der Waals surface area contributed by atoms with Gasteiger partial charge in [-0.05, 0) is 25.0 Å². The molecular weight excluding hydrogens is 280 g/mol. The lowest BCUT2D eigenvalue weighted by molar-refractivity contribution is -0.127. The van der Waals surface area contributed by atoms with Gasteiger partial charge in [-0.15, -0.1) is 0 Å². The predicted molar refractivity (Wildman–Crippen MR) is 70.0 cm³/mol. The Morgan fingerprint density at radius 2 is 2.18 bits per heavy atom. The van der Waals surface area contributed by atoms with Gasteiger partial charge in [-0.3, -0.25) is 4.79 Å². The number of carbonyl (C=O) groups excluding carboxylic acids is 1. The molecule has 0 aromatic heterocycles. The first kappa shape index (κ1) is 13.7. The van der Waals surface area contributed by atoms with Gasteiger partial charge in [0.15, 0.2) is 0 Å². The summed E-state index contributed by atoms with van der Waals surface area (Å²) in [7, 11) is 0. The van der Waals surface area contributed by atoms with Crippen molar-refractivity contribution in [2.45, 2.75) is 26.8 Å². The molecule has 0 radical (unpaired) electrons. The second-order valence-corrected chi connectivity index (χ2v) is 4.93. The van der Waals surface area contributed by atoms with Crippen LogP contribution in [0, 0.1) is 16.7 Å². The molecule has 0 aliphatic heterocycles. The van der Waals surface area contributed by atoms with Crippen LogP contribution in [0.3, 0.4) is 0 Å². The Kier molecular flexibility index (Phi) is 4.71. The van der Waals surface area contributed by atoms with Gasteiger partial charge in [-0.1, -0.05) is 41.1 Å². The summed E-state index contributed by atoms with van der Waals surface area (Å²) in [5, 5.41) is 11.8. The summed E-state index contributed by atoms with van der Waals surface area (Å²) in [5.74, 6) is -0.224. The first-order chi connectivity index (χ1) is 8.03. The number of nitrogens with one attached hydrogen (secondary N) is 1. The van der Waals surface area contributed by atoms with Crippen LogP contribution in [0.15, 0.2) is 28.7 Å². The van der Waals surface area contributed by atoms with Crippen molar-refractivity contribution in [1.29, 1.82) is 5.26 Å². The first-order valence-electron chi connectivity index (χ1n) is 5.46. The number of hydrogen-bond donors (Lipinski definition) is 1. The minimum atomic E-state index is -0.943. The van der Waals surface area contributed by atoms with E-state index in [0.29, 0.717) is 13.0 Å². The lowest BCUT2D eigenvalue weighted by atomic mass is 9.88. The number of amides is 1. The largest absolute Gasteiger partial charge is 0.351 e. The summed E-state index contributed by atoms with van der Waals surface area (Å²) in [6.45, 7) is 3.92. The molecule has 1 unspecified atom stereocenters. The van der Waals surface area contributed by atoms with E-state index in [0.717, 1.165) is 10.0 Å². The maximum atomic E-state index is 11.9. The van der Waals surface area contributed by atoms with E-state index in [1.807, 2.05) is 31.2 Å². The molecule has 0 fully saturated rings. The minimum absolute atomic E-state index is 0.224. The van der Waals surface area contributed by atoms with E-state index in [9.17, 15) is 4.79 Å². The van der Waals surface area contributed by atoms with Gasteiger partial charge < -0.3 is 5.32 Å². The summed E-state index contributed by atoms with van der Waals surface area (Å²) in [4.78, 5) is 11.9. The van der Waals surface area contributed by atoms with Crippen LogP contribution in [0.2, 0.25) is 0 Å². The van der Waals surface area contributed by atoms with Crippen LogP contribution in [0.1, 0.15) is 25.8 Å². The topological polar surface area (TPSA) is 52.9 Å². The Hall–Kier alpha value is -1.34. The molecule has 0 aliphatic carbocycles. The zero-order chi connectivity index (χ0) is 12.9. The monoisotopic (exact) mass is 294 g/mol. The van der Waals surface area contributed by atoms with Crippen molar-refractivity contribution in [3.8, 4) is 6.07 Å². The molecule has 1 N–H and O–H groups in total. The Balaban J connectivity index is 2.67. The van der Waals surface area contributed by atoms with Gasteiger partial charge >= 0.3 is 0 Å². The second kappa shape index (κ2) is 5.83. The fourth-order valence-corrected chi connectivity index (χ4v) is 1.73. The number of halogens is 1. The number of nitrogens with zero attached hydrogens (tertiary/aromatic N) is 1. The number of rotatable bonds is 4. The zero-order valence-electron chi connectivity index (χ0n) is 9.96. The smallest absolute Gasteiger partial charge is 0.240 e. The highest BCUT2D eigenvalue weighted by Gasteiger charge is 2.30. The molecule has 1 aromatic rings. The Morgan fingerprint density at radius 1 is 1.53 bits per heavy atom. The third-order valence-electron chi connectivity index (χ3n) is 2.85. The quantitative estimate of drug-likeness (QED) is 0.928. The maximum absolute atomic E-state index is 11.9. The van der Waals surface area contributed by atoms with Crippen molar-refractivity contribution in [3.05, 3.63) is 34.3 Å². The van der Waals surface area contributed by atoms with Crippen molar-refractivity contribution >= 4 is 21.8 Å². The second-order valence-electron chi connectivity index (χ2n) is 4.07. The summed E-state index contributed by atoms with van der Waals surface area (Å²) in [6.07, 6.45) is 0.505. The number of hydrogen-bond acceptors (Lipinski definition) is 2. The van der Waals surface area contributed by atoms with Crippen molar-refractivity contribution in [1.82, 2.24) is 5.32 Å². The van der Waals surface area contributed by atoms with Gasteiger partial charge in [0.25, 0.3) is 0 Å². The van der Waals surface area contributed by atoms with E-state index in [2.05, 4.69) is 27.3 Å². The first-order valence-corrected chi connectivity index (χ1v) is 6.25. The van der Waals surface area contributed by atoms with Crippen LogP contribution in [0.25, 0.3) is 0 Å². The average molecular weight is 295 g/mol. The highest BCUT2D eigenvalue weighted by Crippen LogP contribution is 2.20. The lowest BCUT2D eigenvalue weighted by Gasteiger charge is -2.18. The maximum Gasteiger partial charge on any atom is 0.240 e. The molecule has 0 saturated carbocycles. The molecule has 90 valence electrons. The molecular formula is C13H15BrN2O. The highest BCUT2D eigenvalue weighted by atomic mass is 79.9. The Labute approximate surface area is 110 Å². The zero-order valence-corrected chi connectivity index (χ0v) is 11.5. The van der Waals surface area contributed by atoms with Crippen molar-refractivity contribution < 1.29 is 4.79 Å². The molecule has 0 heterocycles. The molecule has 0 spiro atoms. The highest BCUT2D eigenvalue weighted by molar-refractivity contribution is 9.10. The van der Waals surface area contributed by atoms with Crippen molar-refractivity contribution in [3.63, 3.8) is 0 Å². The Bertz CT molecular complexity index is 453. The van der Waals surface area contributed by atoms with E-state index in [1.54, 1.807) is 6.92 Å². The van der Waals surface area contributed by atoms with Crippen LogP contribution in [0.5, 0.6) is 0 Å². The van der Waals surface area contributed by atoms with Crippen molar-refractivity contribution in [2.24, 2.45) is 5.41 Å². The number of carbonyl (C=O) groups is 1. The van der Waals surface area contributed by atoms with Gasteiger partial charge in [0.05, 0.1) is 6.07 Å². The fourth-order valence-electron chi connectivity index (χ4n) is 1.30. The van der Waals surface area contributed by atoms with E-state index in [4.69, 9.17) is 5.26 Å². The van der Waals surface area contributed by atoms with Gasteiger partial charge in [-0.25, -0.2) is 0 Å². The molecule has 3 nitrogen and oxygen atoms in total. The van der Waals surface area contributed by atoms with Gasteiger partial charge in [0, 0.05) is 11.0 Å². The van der Waals surface area contributed by atoms with Crippen LogP contribution in [-0.4, -0.2) is 5.91 Å². The Morgan fingerprint density at radius 3 is 2.71 bits per heavy atom. The molecule has 1 aromatic carbocycles. The predicted octanol–water partition coefficient (Wildman–Crippen LogP) is 3.01. The standard InChI is InChI=1S/C13H15BrN2O/c1-3-13(2,9-15)12(17)16-8-10-6-4-5-7-11(10)14/h4-7H,3,8H2,1-2H3,(H,16,17). The SMILES string of the molecule is CCC(C)(C#N)C(=O)NCc1ccccc1Br. The molecule has 0 aliphatic rings. The molecule has 4 heteroatoms. The minimum Gasteiger partial charge on any atom is -0.351 e. The van der Waals surface area contributed by atoms with Gasteiger partial charge in [-0.2, -0.15) is 5.26 Å². The van der Waals surface area contributed by atoms with E-state index >= 15 is 0 Å². The van der Waals surface area contributed by atoms with Crippen LogP contribution >= 0.6 is 15.9 Å². The van der Waals surface area contributed by atoms with E-state index in [1.165, 1.54) is 0 Å². The normalized spacial score (nSPS) is 13.5. The van der Waals surface area contributed by atoms with Crippen molar-refractivity contribution in [2.75, 3.05) is 0 Å². The molecule has 0 bridgehead atoms. The summed E-state index contributed by atoms with van der Waals surface area (Å²) < 4.78 is 0.954. The van der Waals surface area contributed by atoms with E-state index in [-0.39, 0.29) is 5.91 Å². The lowest BCUT2D eigenvalue weighted by Crippen LogP contribution is -2.37. The fraction of sp³-hybridized carbons (Fsp3) is 0.385. The third kappa shape index (κ3) is 3.31. The summed E-state index contributed by atoms with van der Waals surface area (Å²) in [6, 6.07) is 9.74. The summed E-state index contributed by atoms with van der Waals surface area (Å²) in [5.41, 5.74) is 0.0542. The molecule has 17 heavy (non-hydrogen) atoms. The molecule has 1 amide bonds. The number of nitriles is 1. The number of benzene rings is 1. The van der Waals surface area contributed by atoms with Crippen LogP contribution < -0.4 is 5.32 Å². The third-order valence-corrected chi connectivity index (χ3v) is 3.63. The van der Waals surface area contributed by atoms with Crippen LogP contribution in [-0.2, 0) is 11.3 Å².